The average molecular weight is 500 g/mol. The summed E-state index contributed by atoms with van der Waals surface area (Å²) in [5.74, 6) is 2.54. The SMILES string of the molecule is CC(C(=O)O[C@H]1C[N+]2(CCc3cccc(Cl)c3)CCC1CC2)(c1ccccc1)N1CCSCC1. The standard InChI is InChI=1S/C28H36ClN2O2S/c1-28(24-7-3-2-4-8-24,30-13-18-34-19-14-30)27(32)33-26-21-31(16-11-23(26)12-17-31)15-10-22-6-5-9-25(29)20-22/h2-9,20,23,26H,10-19,21H2,1H3/q+1/t23?,26-,28?,31?/m0/s1. The van der Waals surface area contributed by atoms with Crippen LogP contribution >= 0.6 is 23.4 Å². The molecule has 2 bridgehead atoms. The van der Waals surface area contributed by atoms with E-state index in [2.05, 4.69) is 36.1 Å². The molecule has 0 radical (unpaired) electrons. The van der Waals surface area contributed by atoms with E-state index in [0.29, 0.717) is 5.92 Å². The number of fused-ring (bicyclic) bond motifs is 3. The molecule has 4 saturated heterocycles. The molecule has 0 aliphatic carbocycles. The zero-order valence-corrected chi connectivity index (χ0v) is 21.7. The first-order valence-electron chi connectivity index (χ1n) is 12.7. The number of nitrogens with zero attached hydrogens (tertiary/aromatic N) is 2. The van der Waals surface area contributed by atoms with Crippen LogP contribution in [0.5, 0.6) is 0 Å². The number of piperidine rings is 3. The smallest absolute Gasteiger partial charge is 0.331 e. The van der Waals surface area contributed by atoms with Gasteiger partial charge in [0.15, 0.2) is 6.10 Å². The number of ether oxygens (including phenoxy) is 1. The van der Waals surface area contributed by atoms with Crippen LogP contribution in [0.25, 0.3) is 0 Å². The van der Waals surface area contributed by atoms with Crippen LogP contribution in [-0.2, 0) is 21.5 Å². The summed E-state index contributed by atoms with van der Waals surface area (Å²) in [6.45, 7) is 8.32. The van der Waals surface area contributed by atoms with Crippen LogP contribution < -0.4 is 0 Å². The molecular formula is C28H36ClN2O2S+. The highest BCUT2D eigenvalue weighted by Crippen LogP contribution is 2.38. The summed E-state index contributed by atoms with van der Waals surface area (Å²) < 4.78 is 7.53. The maximum absolute atomic E-state index is 13.9. The van der Waals surface area contributed by atoms with Gasteiger partial charge in [-0.1, -0.05) is 54.1 Å². The molecule has 6 heteroatoms. The fourth-order valence-electron chi connectivity index (χ4n) is 6.18. The minimum absolute atomic E-state index is 0.0107. The van der Waals surface area contributed by atoms with Crippen LogP contribution in [0.4, 0.5) is 0 Å². The van der Waals surface area contributed by atoms with Crippen molar-refractivity contribution in [1.29, 1.82) is 0 Å². The van der Waals surface area contributed by atoms with Gasteiger partial charge in [0.25, 0.3) is 0 Å². The number of hydrogen-bond donors (Lipinski definition) is 0. The first-order chi connectivity index (χ1) is 16.5. The largest absolute Gasteiger partial charge is 0.454 e. The third-order valence-corrected chi connectivity index (χ3v) is 9.62. The van der Waals surface area contributed by atoms with Crippen LogP contribution in [0.2, 0.25) is 5.02 Å². The molecule has 2 atom stereocenters. The van der Waals surface area contributed by atoms with Crippen molar-refractivity contribution >= 4 is 29.3 Å². The zero-order valence-electron chi connectivity index (χ0n) is 20.1. The van der Waals surface area contributed by atoms with Gasteiger partial charge in [-0.15, -0.1) is 0 Å². The van der Waals surface area contributed by atoms with Crippen molar-refractivity contribution in [2.24, 2.45) is 5.92 Å². The Labute approximate surface area is 213 Å². The number of rotatable bonds is 7. The Bertz CT molecular complexity index is 989. The van der Waals surface area contributed by atoms with Gasteiger partial charge in [0.1, 0.15) is 12.1 Å². The maximum Gasteiger partial charge on any atom is 0.331 e. The van der Waals surface area contributed by atoms with E-state index in [1.165, 1.54) is 18.7 Å². The summed E-state index contributed by atoms with van der Waals surface area (Å²) in [7, 11) is 0. The van der Waals surface area contributed by atoms with Crippen molar-refractivity contribution in [2.75, 3.05) is 50.8 Å². The molecule has 4 fully saturated rings. The van der Waals surface area contributed by atoms with E-state index in [9.17, 15) is 4.79 Å². The highest BCUT2D eigenvalue weighted by atomic mass is 35.5. The lowest BCUT2D eigenvalue weighted by molar-refractivity contribution is -0.946. The number of thioether (sulfide) groups is 1. The van der Waals surface area contributed by atoms with Crippen LogP contribution in [0.3, 0.4) is 0 Å². The molecular weight excluding hydrogens is 464 g/mol. The fourth-order valence-corrected chi connectivity index (χ4v) is 7.30. The molecule has 4 aliphatic heterocycles. The number of benzene rings is 2. The molecule has 4 aliphatic rings. The van der Waals surface area contributed by atoms with Gasteiger partial charge in [0.2, 0.25) is 0 Å². The highest BCUT2D eigenvalue weighted by molar-refractivity contribution is 7.99. The Hall–Kier alpha value is -1.53. The first-order valence-corrected chi connectivity index (χ1v) is 14.2. The normalized spacial score (nSPS) is 28.9. The van der Waals surface area contributed by atoms with Gasteiger partial charge >= 0.3 is 5.97 Å². The molecule has 0 spiro atoms. The average Bonchev–Trinajstić information content (AvgIpc) is 2.89. The quantitative estimate of drug-likeness (QED) is 0.396. The van der Waals surface area contributed by atoms with Gasteiger partial charge in [-0.05, 0) is 30.2 Å². The van der Waals surface area contributed by atoms with Gasteiger partial charge in [-0.3, -0.25) is 4.90 Å². The summed E-state index contributed by atoms with van der Waals surface area (Å²) in [6, 6.07) is 18.5. The summed E-state index contributed by atoms with van der Waals surface area (Å²) in [5, 5.41) is 0.804. The number of carbonyl (C=O) groups excluding carboxylic acids is 1. The number of esters is 1. The highest BCUT2D eigenvalue weighted by Gasteiger charge is 2.50. The van der Waals surface area contributed by atoms with Gasteiger partial charge in [0.05, 0.1) is 19.6 Å². The van der Waals surface area contributed by atoms with E-state index >= 15 is 0 Å². The van der Waals surface area contributed by atoms with E-state index < -0.39 is 5.54 Å². The van der Waals surface area contributed by atoms with E-state index in [1.54, 1.807) is 0 Å². The van der Waals surface area contributed by atoms with Crippen molar-refractivity contribution in [3.63, 3.8) is 0 Å². The number of carbonyl (C=O) groups is 1. The van der Waals surface area contributed by atoms with Gasteiger partial charge in [0, 0.05) is 54.8 Å². The first kappa shape index (κ1) is 24.2. The van der Waals surface area contributed by atoms with Crippen LogP contribution in [0, 0.1) is 5.92 Å². The number of quaternary nitrogens is 1. The Morgan fingerprint density at radius 2 is 1.85 bits per heavy atom. The number of halogens is 1. The summed E-state index contributed by atoms with van der Waals surface area (Å²) in [6.07, 6.45) is 3.32. The van der Waals surface area contributed by atoms with E-state index in [0.717, 1.165) is 72.0 Å². The van der Waals surface area contributed by atoms with Crippen LogP contribution in [0.15, 0.2) is 54.6 Å². The van der Waals surface area contributed by atoms with Gasteiger partial charge in [-0.25, -0.2) is 4.79 Å². The Morgan fingerprint density at radius 1 is 1.12 bits per heavy atom. The summed E-state index contributed by atoms with van der Waals surface area (Å²) >= 11 is 8.18. The van der Waals surface area contributed by atoms with Gasteiger partial charge < -0.3 is 9.22 Å². The molecule has 2 aromatic carbocycles. The van der Waals surface area contributed by atoms with Gasteiger partial charge in [-0.2, -0.15) is 11.8 Å². The Balaban J connectivity index is 1.31. The lowest BCUT2D eigenvalue weighted by atomic mass is 9.82. The summed E-state index contributed by atoms with van der Waals surface area (Å²) in [4.78, 5) is 16.3. The van der Waals surface area contributed by atoms with Crippen molar-refractivity contribution in [3.05, 3.63) is 70.7 Å². The molecule has 0 N–H and O–H groups in total. The molecule has 0 aromatic heterocycles. The molecule has 6 rings (SSSR count). The molecule has 4 nitrogen and oxygen atoms in total. The van der Waals surface area contributed by atoms with Crippen molar-refractivity contribution in [2.45, 2.75) is 37.8 Å². The van der Waals surface area contributed by atoms with E-state index in [1.807, 2.05) is 42.1 Å². The van der Waals surface area contributed by atoms with Crippen molar-refractivity contribution in [1.82, 2.24) is 4.90 Å². The van der Waals surface area contributed by atoms with Crippen LogP contribution in [0.1, 0.15) is 30.9 Å². The summed E-state index contributed by atoms with van der Waals surface area (Å²) in [5.41, 5.74) is 1.60. The number of hydrogen-bond acceptors (Lipinski definition) is 4. The lowest BCUT2D eigenvalue weighted by Gasteiger charge is -2.52. The molecule has 2 aromatic rings. The third kappa shape index (κ3) is 4.90. The molecule has 4 heterocycles. The lowest BCUT2D eigenvalue weighted by Crippen LogP contribution is -2.65. The second-order valence-electron chi connectivity index (χ2n) is 10.4. The second-order valence-corrected chi connectivity index (χ2v) is 12.1. The Morgan fingerprint density at radius 3 is 2.56 bits per heavy atom. The minimum atomic E-state index is -0.736. The van der Waals surface area contributed by atoms with Crippen LogP contribution in [-0.4, -0.2) is 72.2 Å². The molecule has 1 unspecified atom stereocenters. The van der Waals surface area contributed by atoms with E-state index in [-0.39, 0.29) is 12.1 Å². The monoisotopic (exact) mass is 499 g/mol. The predicted octanol–water partition coefficient (Wildman–Crippen LogP) is 5.00. The molecule has 182 valence electrons. The third-order valence-electron chi connectivity index (χ3n) is 8.44. The van der Waals surface area contributed by atoms with Crippen molar-refractivity contribution < 1.29 is 14.0 Å². The molecule has 34 heavy (non-hydrogen) atoms. The predicted molar refractivity (Wildman–Crippen MR) is 140 cm³/mol. The maximum atomic E-state index is 13.9. The Kier molecular flexibility index (Phi) is 7.27. The molecule has 0 amide bonds. The molecule has 0 saturated carbocycles. The van der Waals surface area contributed by atoms with E-state index in [4.69, 9.17) is 16.3 Å². The topological polar surface area (TPSA) is 29.5 Å². The zero-order chi connectivity index (χ0) is 23.6. The minimum Gasteiger partial charge on any atom is -0.454 e. The fraction of sp³-hybridized carbons (Fsp3) is 0.536. The van der Waals surface area contributed by atoms with Crippen molar-refractivity contribution in [3.8, 4) is 0 Å². The second kappa shape index (κ2) is 10.2.